The van der Waals surface area contributed by atoms with Gasteiger partial charge in [-0.2, -0.15) is 0 Å². The minimum Gasteiger partial charge on any atom is -0.492 e. The van der Waals surface area contributed by atoms with Crippen LogP contribution < -0.4 is 10.1 Å². The zero-order valence-corrected chi connectivity index (χ0v) is 13.5. The van der Waals surface area contributed by atoms with E-state index in [0.717, 1.165) is 19.4 Å². The number of aliphatic hydroxyl groups excluding tert-OH is 1. The molecule has 128 valence electrons. The number of likely N-dealkylation sites (tertiary alicyclic amines) is 1. The van der Waals surface area contributed by atoms with E-state index in [2.05, 4.69) is 10.2 Å². The molecule has 2 N–H and O–H groups in total. The molecule has 23 heavy (non-hydrogen) atoms. The number of amides is 1. The minimum atomic E-state index is -0.344. The molecule has 6 heteroatoms. The number of carbonyl (C=O) groups is 1. The number of nitrogens with zero attached hydrogens (tertiary/aromatic N) is 1. The van der Waals surface area contributed by atoms with E-state index >= 15 is 0 Å². The zero-order chi connectivity index (χ0) is 16.7. The fraction of sp³-hybridized carbons (Fsp3) is 0.588. The number of ether oxygens (including phenoxy) is 1. The lowest BCUT2D eigenvalue weighted by Crippen LogP contribution is -2.41. The molecule has 2 atom stereocenters. The summed E-state index contributed by atoms with van der Waals surface area (Å²) in [6, 6.07) is 6.21. The third-order valence-electron chi connectivity index (χ3n) is 3.95. The van der Waals surface area contributed by atoms with Crippen LogP contribution in [0.1, 0.15) is 26.2 Å². The average Bonchev–Trinajstić information content (AvgIpc) is 2.90. The number of hydrogen-bond acceptors (Lipinski definition) is 4. The highest BCUT2D eigenvalue weighted by Crippen LogP contribution is 2.20. The van der Waals surface area contributed by atoms with Gasteiger partial charge >= 0.3 is 0 Å². The van der Waals surface area contributed by atoms with Crippen LogP contribution in [-0.4, -0.2) is 54.3 Å². The molecule has 5 nitrogen and oxygen atoms in total. The predicted octanol–water partition coefficient (Wildman–Crippen LogP) is 1.56. The highest BCUT2D eigenvalue weighted by atomic mass is 19.1. The van der Waals surface area contributed by atoms with Crippen molar-refractivity contribution in [1.29, 1.82) is 0 Å². The van der Waals surface area contributed by atoms with Crippen molar-refractivity contribution < 1.29 is 19.0 Å². The molecule has 1 aliphatic heterocycles. The topological polar surface area (TPSA) is 61.8 Å². The summed E-state index contributed by atoms with van der Waals surface area (Å²) in [6.45, 7) is 3.69. The summed E-state index contributed by atoms with van der Waals surface area (Å²) in [5, 5.41) is 12.3. The molecule has 0 spiro atoms. The Morgan fingerprint density at radius 2 is 2.39 bits per heavy atom. The lowest BCUT2D eigenvalue weighted by atomic mass is 10.1. The normalized spacial score (nSPS) is 19.5. The van der Waals surface area contributed by atoms with Gasteiger partial charge in [0.05, 0.1) is 19.2 Å². The molecule has 0 aliphatic carbocycles. The zero-order valence-electron chi connectivity index (χ0n) is 13.5. The Morgan fingerprint density at radius 1 is 1.57 bits per heavy atom. The van der Waals surface area contributed by atoms with Gasteiger partial charge in [-0.15, -0.1) is 0 Å². The van der Waals surface area contributed by atoms with E-state index < -0.39 is 0 Å². The van der Waals surface area contributed by atoms with Crippen molar-refractivity contribution in [2.24, 2.45) is 0 Å². The van der Waals surface area contributed by atoms with Crippen LogP contribution in [0.15, 0.2) is 24.3 Å². The van der Waals surface area contributed by atoms with Crippen molar-refractivity contribution in [3.63, 3.8) is 0 Å². The number of carbonyl (C=O) groups excluding carboxylic acids is 1. The smallest absolute Gasteiger partial charge is 0.234 e. The fourth-order valence-corrected chi connectivity index (χ4v) is 2.92. The second-order valence-electron chi connectivity index (χ2n) is 6.01. The van der Waals surface area contributed by atoms with Crippen LogP contribution in [0.2, 0.25) is 0 Å². The van der Waals surface area contributed by atoms with Gasteiger partial charge in [-0.25, -0.2) is 4.39 Å². The minimum absolute atomic E-state index is 0.0506. The Morgan fingerprint density at radius 3 is 3.13 bits per heavy atom. The summed E-state index contributed by atoms with van der Waals surface area (Å²) < 4.78 is 18.4. The summed E-state index contributed by atoms with van der Waals surface area (Å²) in [5.41, 5.74) is 0. The molecule has 1 aromatic carbocycles. The molecular weight excluding hydrogens is 299 g/mol. The molecule has 0 aromatic heterocycles. The van der Waals surface area contributed by atoms with Gasteiger partial charge < -0.3 is 15.2 Å². The SMILES string of the molecule is CC(O)CC1CCCN1CC(=O)NCCOc1cccc(F)c1. The lowest BCUT2D eigenvalue weighted by Gasteiger charge is -2.24. The Kier molecular flexibility index (Phi) is 6.80. The number of hydrogen-bond donors (Lipinski definition) is 2. The third-order valence-corrected chi connectivity index (χ3v) is 3.95. The predicted molar refractivity (Wildman–Crippen MR) is 85.8 cm³/mol. The molecule has 1 saturated heterocycles. The van der Waals surface area contributed by atoms with Crippen LogP contribution in [0.25, 0.3) is 0 Å². The second-order valence-corrected chi connectivity index (χ2v) is 6.01. The standard InChI is InChI=1S/C17H25FN2O3/c1-13(21)10-15-5-3-8-20(15)12-17(22)19-7-9-23-16-6-2-4-14(18)11-16/h2,4,6,11,13,15,21H,3,5,7-10,12H2,1H3,(H,19,22). The van der Waals surface area contributed by atoms with Crippen LogP contribution in [0.5, 0.6) is 5.75 Å². The first-order chi connectivity index (χ1) is 11.0. The van der Waals surface area contributed by atoms with Crippen LogP contribution in [-0.2, 0) is 4.79 Å². The van der Waals surface area contributed by atoms with Crippen molar-refractivity contribution >= 4 is 5.91 Å². The highest BCUT2D eigenvalue weighted by molar-refractivity contribution is 5.78. The molecular formula is C17H25FN2O3. The number of nitrogens with one attached hydrogen (secondary N) is 1. The summed E-state index contributed by atoms with van der Waals surface area (Å²) in [6.07, 6.45) is 2.45. The highest BCUT2D eigenvalue weighted by Gasteiger charge is 2.26. The van der Waals surface area contributed by atoms with E-state index in [1.807, 2.05) is 0 Å². The molecule has 1 fully saturated rings. The second kappa shape index (κ2) is 8.84. The van der Waals surface area contributed by atoms with Gasteiger partial charge in [0.15, 0.2) is 0 Å². The number of benzene rings is 1. The fourth-order valence-electron chi connectivity index (χ4n) is 2.92. The van der Waals surface area contributed by atoms with E-state index in [1.165, 1.54) is 12.1 Å². The van der Waals surface area contributed by atoms with Gasteiger partial charge in [-0.1, -0.05) is 6.07 Å². The van der Waals surface area contributed by atoms with Crippen molar-refractivity contribution in [3.05, 3.63) is 30.1 Å². The van der Waals surface area contributed by atoms with Crippen LogP contribution in [0.4, 0.5) is 4.39 Å². The van der Waals surface area contributed by atoms with E-state index in [9.17, 15) is 14.3 Å². The lowest BCUT2D eigenvalue weighted by molar-refractivity contribution is -0.122. The Hall–Kier alpha value is -1.66. The molecule has 1 aliphatic rings. The maximum atomic E-state index is 13.0. The summed E-state index contributed by atoms with van der Waals surface area (Å²) in [4.78, 5) is 14.1. The first-order valence-electron chi connectivity index (χ1n) is 8.12. The van der Waals surface area contributed by atoms with Gasteiger partial charge in [-0.3, -0.25) is 9.69 Å². The van der Waals surface area contributed by atoms with Gasteiger partial charge in [0.2, 0.25) is 5.91 Å². The van der Waals surface area contributed by atoms with E-state index in [1.54, 1.807) is 19.1 Å². The Labute approximate surface area is 136 Å². The first kappa shape index (κ1) is 17.7. The number of aliphatic hydroxyl groups is 1. The first-order valence-corrected chi connectivity index (χ1v) is 8.12. The number of rotatable bonds is 8. The monoisotopic (exact) mass is 324 g/mol. The van der Waals surface area contributed by atoms with Gasteiger partial charge in [-0.05, 0) is 44.9 Å². The quantitative estimate of drug-likeness (QED) is 0.713. The van der Waals surface area contributed by atoms with Crippen molar-refractivity contribution in [2.75, 3.05) is 26.2 Å². The molecule has 1 amide bonds. The average molecular weight is 324 g/mol. The Balaban J connectivity index is 1.65. The largest absolute Gasteiger partial charge is 0.492 e. The maximum Gasteiger partial charge on any atom is 0.234 e. The van der Waals surface area contributed by atoms with Crippen molar-refractivity contribution in [3.8, 4) is 5.75 Å². The van der Waals surface area contributed by atoms with Gasteiger partial charge in [0, 0.05) is 12.1 Å². The van der Waals surface area contributed by atoms with E-state index in [0.29, 0.717) is 31.9 Å². The summed E-state index contributed by atoms with van der Waals surface area (Å²) >= 11 is 0. The van der Waals surface area contributed by atoms with Crippen LogP contribution in [0, 0.1) is 5.82 Å². The number of halogens is 1. The molecule has 0 bridgehead atoms. The summed E-state index contributed by atoms with van der Waals surface area (Å²) in [7, 11) is 0. The molecule has 2 unspecified atom stereocenters. The van der Waals surface area contributed by atoms with E-state index in [-0.39, 0.29) is 23.9 Å². The van der Waals surface area contributed by atoms with Crippen molar-refractivity contribution in [2.45, 2.75) is 38.3 Å². The maximum absolute atomic E-state index is 13.0. The molecule has 0 saturated carbocycles. The van der Waals surface area contributed by atoms with Crippen LogP contribution in [0.3, 0.4) is 0 Å². The van der Waals surface area contributed by atoms with Crippen molar-refractivity contribution in [1.82, 2.24) is 10.2 Å². The van der Waals surface area contributed by atoms with Gasteiger partial charge in [0.25, 0.3) is 0 Å². The summed E-state index contributed by atoms with van der Waals surface area (Å²) in [5.74, 6) is 0.0610. The molecule has 0 radical (unpaired) electrons. The molecule has 1 heterocycles. The molecule has 1 aromatic rings. The third kappa shape index (κ3) is 6.15. The van der Waals surface area contributed by atoms with Crippen LogP contribution >= 0.6 is 0 Å². The van der Waals surface area contributed by atoms with Gasteiger partial charge in [0.1, 0.15) is 18.2 Å². The Bertz CT molecular complexity index is 510. The van der Waals surface area contributed by atoms with E-state index in [4.69, 9.17) is 4.74 Å². The molecule has 2 rings (SSSR count).